The monoisotopic (exact) mass is 291 g/mol. The van der Waals surface area contributed by atoms with Crippen LogP contribution in [0.25, 0.3) is 0 Å². The minimum atomic E-state index is -4.75. The Morgan fingerprint density at radius 3 is 2.58 bits per heavy atom. The number of hydrogen-bond acceptors (Lipinski definition) is 3. The summed E-state index contributed by atoms with van der Waals surface area (Å²) < 4.78 is 40.1. The molecule has 0 saturated carbocycles. The number of thioether (sulfide) groups is 1. The molecule has 7 heteroatoms. The predicted molar refractivity (Wildman–Crippen MR) is 66.4 cm³/mol. The van der Waals surface area contributed by atoms with E-state index in [1.54, 1.807) is 16.7 Å². The van der Waals surface area contributed by atoms with Crippen molar-refractivity contribution in [2.24, 2.45) is 0 Å². The van der Waals surface area contributed by atoms with E-state index in [1.165, 1.54) is 18.2 Å². The van der Waals surface area contributed by atoms with Gasteiger partial charge in [-0.2, -0.15) is 11.8 Å². The van der Waals surface area contributed by atoms with Crippen molar-refractivity contribution in [1.29, 1.82) is 0 Å². The summed E-state index contributed by atoms with van der Waals surface area (Å²) in [5.41, 5.74) is 0.216. The molecule has 0 N–H and O–H groups in total. The van der Waals surface area contributed by atoms with Gasteiger partial charge >= 0.3 is 6.36 Å². The van der Waals surface area contributed by atoms with Crippen LogP contribution in [-0.4, -0.2) is 41.8 Å². The molecule has 0 radical (unpaired) electrons. The number of carbonyl (C=O) groups excluding carboxylic acids is 1. The number of benzene rings is 1. The number of amides is 1. The normalized spacial score (nSPS) is 16.3. The molecular formula is C12H12F3NO2S. The van der Waals surface area contributed by atoms with E-state index in [0.717, 1.165) is 17.6 Å². The van der Waals surface area contributed by atoms with Crippen LogP contribution in [0.5, 0.6) is 5.75 Å². The highest BCUT2D eigenvalue weighted by Crippen LogP contribution is 2.24. The SMILES string of the molecule is O=C(c1cccc(OC(F)(F)F)c1)N1CCSCC1. The minimum absolute atomic E-state index is 0.216. The van der Waals surface area contributed by atoms with Gasteiger partial charge < -0.3 is 9.64 Å². The zero-order valence-electron chi connectivity index (χ0n) is 9.94. The molecule has 1 heterocycles. The van der Waals surface area contributed by atoms with Crippen molar-refractivity contribution >= 4 is 17.7 Å². The highest BCUT2D eigenvalue weighted by atomic mass is 32.2. The zero-order valence-corrected chi connectivity index (χ0v) is 10.8. The standard InChI is InChI=1S/C12H12F3NO2S/c13-12(14,15)18-10-3-1-2-9(8-10)11(17)16-4-6-19-7-5-16/h1-3,8H,4-7H2. The number of carbonyl (C=O) groups is 1. The fourth-order valence-electron chi connectivity index (χ4n) is 1.78. The molecule has 0 aliphatic carbocycles. The third-order valence-electron chi connectivity index (χ3n) is 2.61. The highest BCUT2D eigenvalue weighted by molar-refractivity contribution is 7.99. The molecule has 0 atom stereocenters. The van der Waals surface area contributed by atoms with Crippen molar-refractivity contribution in [2.45, 2.75) is 6.36 Å². The molecule has 19 heavy (non-hydrogen) atoms. The van der Waals surface area contributed by atoms with Gasteiger partial charge in [0.25, 0.3) is 5.91 Å². The van der Waals surface area contributed by atoms with Gasteiger partial charge in [-0.1, -0.05) is 6.07 Å². The second kappa shape index (κ2) is 5.73. The van der Waals surface area contributed by atoms with E-state index < -0.39 is 6.36 Å². The van der Waals surface area contributed by atoms with Crippen LogP contribution in [0, 0.1) is 0 Å². The third kappa shape index (κ3) is 4.05. The average molecular weight is 291 g/mol. The van der Waals surface area contributed by atoms with Crippen LogP contribution >= 0.6 is 11.8 Å². The predicted octanol–water partition coefficient (Wildman–Crippen LogP) is 2.77. The first-order valence-electron chi connectivity index (χ1n) is 5.68. The minimum Gasteiger partial charge on any atom is -0.406 e. The summed E-state index contributed by atoms with van der Waals surface area (Å²) >= 11 is 1.75. The summed E-state index contributed by atoms with van der Waals surface area (Å²) in [6, 6.07) is 5.17. The molecule has 1 aromatic carbocycles. The molecule has 1 fully saturated rings. The maximum absolute atomic E-state index is 12.1. The lowest BCUT2D eigenvalue weighted by Gasteiger charge is -2.26. The fourth-order valence-corrected chi connectivity index (χ4v) is 2.68. The van der Waals surface area contributed by atoms with Crippen LogP contribution < -0.4 is 4.74 Å². The van der Waals surface area contributed by atoms with E-state index in [4.69, 9.17) is 0 Å². The first-order chi connectivity index (χ1) is 8.96. The van der Waals surface area contributed by atoms with E-state index in [1.807, 2.05) is 0 Å². The van der Waals surface area contributed by atoms with Crippen LogP contribution in [0.3, 0.4) is 0 Å². The van der Waals surface area contributed by atoms with Crippen molar-refractivity contribution in [3.05, 3.63) is 29.8 Å². The third-order valence-corrected chi connectivity index (χ3v) is 3.56. The van der Waals surface area contributed by atoms with E-state index in [9.17, 15) is 18.0 Å². The molecule has 2 rings (SSSR count). The lowest BCUT2D eigenvalue weighted by atomic mass is 10.2. The summed E-state index contributed by atoms with van der Waals surface area (Å²) in [4.78, 5) is 13.7. The summed E-state index contributed by atoms with van der Waals surface area (Å²) in [6.07, 6.45) is -4.75. The van der Waals surface area contributed by atoms with Crippen molar-refractivity contribution in [3.63, 3.8) is 0 Å². The Labute approximate surface area is 112 Å². The molecular weight excluding hydrogens is 279 g/mol. The number of alkyl halides is 3. The smallest absolute Gasteiger partial charge is 0.406 e. The van der Waals surface area contributed by atoms with E-state index in [-0.39, 0.29) is 17.2 Å². The van der Waals surface area contributed by atoms with E-state index in [0.29, 0.717) is 13.1 Å². The van der Waals surface area contributed by atoms with Crippen molar-refractivity contribution in [2.75, 3.05) is 24.6 Å². The van der Waals surface area contributed by atoms with Crippen LogP contribution in [0.15, 0.2) is 24.3 Å². The Morgan fingerprint density at radius 2 is 1.95 bits per heavy atom. The molecule has 0 unspecified atom stereocenters. The number of halogens is 3. The first kappa shape index (κ1) is 14.0. The molecule has 1 aromatic rings. The van der Waals surface area contributed by atoms with Gasteiger partial charge in [-0.25, -0.2) is 0 Å². The van der Waals surface area contributed by atoms with Crippen molar-refractivity contribution < 1.29 is 22.7 Å². The summed E-state index contributed by atoms with van der Waals surface area (Å²) in [5, 5.41) is 0. The van der Waals surface area contributed by atoms with Gasteiger partial charge in [0, 0.05) is 30.2 Å². The Hall–Kier alpha value is -1.37. The summed E-state index contributed by atoms with van der Waals surface area (Å²) in [5.74, 6) is 1.08. The Balaban J connectivity index is 2.11. The molecule has 1 aliphatic rings. The molecule has 3 nitrogen and oxygen atoms in total. The molecule has 0 aromatic heterocycles. The van der Waals surface area contributed by atoms with Gasteiger partial charge in [0.05, 0.1) is 0 Å². The van der Waals surface area contributed by atoms with Gasteiger partial charge in [0.2, 0.25) is 0 Å². The van der Waals surface area contributed by atoms with E-state index in [2.05, 4.69) is 4.74 Å². The van der Waals surface area contributed by atoms with Crippen LogP contribution in [-0.2, 0) is 0 Å². The second-order valence-electron chi connectivity index (χ2n) is 3.98. The molecule has 1 aliphatic heterocycles. The van der Waals surface area contributed by atoms with Gasteiger partial charge in [-0.05, 0) is 18.2 Å². The van der Waals surface area contributed by atoms with Gasteiger partial charge in [0.15, 0.2) is 0 Å². The number of ether oxygens (including phenoxy) is 1. The molecule has 1 amide bonds. The maximum atomic E-state index is 12.1. The largest absolute Gasteiger partial charge is 0.573 e. The number of nitrogens with zero attached hydrogens (tertiary/aromatic N) is 1. The average Bonchev–Trinajstić information content (AvgIpc) is 2.37. The zero-order chi connectivity index (χ0) is 13.9. The van der Waals surface area contributed by atoms with Crippen molar-refractivity contribution in [3.8, 4) is 5.75 Å². The Kier molecular flexibility index (Phi) is 4.24. The Morgan fingerprint density at radius 1 is 1.26 bits per heavy atom. The quantitative estimate of drug-likeness (QED) is 0.839. The maximum Gasteiger partial charge on any atom is 0.573 e. The van der Waals surface area contributed by atoms with Gasteiger partial charge in [-0.15, -0.1) is 13.2 Å². The van der Waals surface area contributed by atoms with Crippen LogP contribution in [0.4, 0.5) is 13.2 Å². The molecule has 104 valence electrons. The number of rotatable bonds is 2. The van der Waals surface area contributed by atoms with Crippen LogP contribution in [0.2, 0.25) is 0 Å². The molecule has 0 bridgehead atoms. The highest BCUT2D eigenvalue weighted by Gasteiger charge is 2.31. The van der Waals surface area contributed by atoms with Crippen molar-refractivity contribution in [1.82, 2.24) is 4.90 Å². The lowest BCUT2D eigenvalue weighted by molar-refractivity contribution is -0.274. The second-order valence-corrected chi connectivity index (χ2v) is 5.20. The topological polar surface area (TPSA) is 29.5 Å². The molecule has 1 saturated heterocycles. The van der Waals surface area contributed by atoms with Gasteiger partial charge in [0.1, 0.15) is 5.75 Å². The Bertz CT molecular complexity index is 459. The summed E-state index contributed by atoms with van der Waals surface area (Å²) in [6.45, 7) is 1.24. The fraction of sp³-hybridized carbons (Fsp3) is 0.417. The number of hydrogen-bond donors (Lipinski definition) is 0. The van der Waals surface area contributed by atoms with Crippen LogP contribution in [0.1, 0.15) is 10.4 Å². The first-order valence-corrected chi connectivity index (χ1v) is 6.84. The molecule has 0 spiro atoms. The van der Waals surface area contributed by atoms with E-state index >= 15 is 0 Å². The van der Waals surface area contributed by atoms with Gasteiger partial charge in [-0.3, -0.25) is 4.79 Å². The lowest BCUT2D eigenvalue weighted by Crippen LogP contribution is -2.37. The summed E-state index contributed by atoms with van der Waals surface area (Å²) in [7, 11) is 0.